The smallest absolute Gasteiger partial charge is 0.270 e. The molecule has 0 radical (unpaired) electrons. The van der Waals surface area contributed by atoms with Crippen LogP contribution >= 0.6 is 0 Å². The number of aliphatic hydroxyl groups is 2. The van der Waals surface area contributed by atoms with E-state index >= 15 is 0 Å². The van der Waals surface area contributed by atoms with Crippen molar-refractivity contribution in [3.63, 3.8) is 0 Å². The summed E-state index contributed by atoms with van der Waals surface area (Å²) in [5.41, 5.74) is 5.98. The fourth-order valence-corrected chi connectivity index (χ4v) is 10.5. The van der Waals surface area contributed by atoms with Gasteiger partial charge in [-0.1, -0.05) is 6.92 Å². The summed E-state index contributed by atoms with van der Waals surface area (Å²) in [5, 5.41) is 40.8. The molecule has 5 fully saturated rings. The minimum atomic E-state index is -4.59. The molecule has 7 N–H and O–H groups in total. The van der Waals surface area contributed by atoms with E-state index in [2.05, 4.69) is 25.8 Å². The van der Waals surface area contributed by atoms with Crippen LogP contribution in [0.15, 0.2) is 20.5 Å². The van der Waals surface area contributed by atoms with Crippen LogP contribution < -0.4 is 11.1 Å². The average Bonchev–Trinajstić information content (AvgIpc) is 3.00. The van der Waals surface area contributed by atoms with E-state index < -0.39 is 55.0 Å². The van der Waals surface area contributed by atoms with Crippen LogP contribution in [0.5, 0.6) is 0 Å². The number of azo groups is 2. The fraction of sp³-hybridized carbons (Fsp3) is 0.967. The van der Waals surface area contributed by atoms with Gasteiger partial charge in [-0.05, 0) is 108 Å². The van der Waals surface area contributed by atoms with Crippen molar-refractivity contribution in [3.05, 3.63) is 0 Å². The lowest BCUT2D eigenvalue weighted by Gasteiger charge is -2.46. The number of carbonyl (C=O) groups excluding carboxylic acids is 1. The highest BCUT2D eigenvalue weighted by molar-refractivity contribution is 7.86. The van der Waals surface area contributed by atoms with Gasteiger partial charge in [-0.3, -0.25) is 13.9 Å². The maximum atomic E-state index is 12.9. The van der Waals surface area contributed by atoms with E-state index in [0.29, 0.717) is 51.4 Å². The largest absolute Gasteiger partial charge is 0.391 e. The summed E-state index contributed by atoms with van der Waals surface area (Å²) in [5.74, 6) is -0.589. The monoisotopic (exact) mass is 704 g/mol. The summed E-state index contributed by atoms with van der Waals surface area (Å²) in [6.45, 7) is 1.95. The molecule has 0 aromatic rings. The number of hydrogen-bond acceptors (Lipinski definition) is 12. The standard InChI is InChI=1S/C30H52N6O9S2/c1-16-12-25(26(37)15-24(16)34-33-20-6-9-22(10-7-20)46(40,41)42)35-36-28-27(47(43,44)45)14-18-13-21(8-11-23(18)29(28)38)32-30(39)17-2-4-19(31)5-3-17/h16-29,37-38H,2-15,31H2,1H3,(H,32,39)(H,40,41,42)(H,43,44,45). The molecule has 0 aromatic heterocycles. The molecule has 1 amide bonds. The quantitative estimate of drug-likeness (QED) is 0.159. The molecule has 5 aliphatic carbocycles. The van der Waals surface area contributed by atoms with E-state index in [1.165, 1.54) is 0 Å². The van der Waals surface area contributed by atoms with E-state index in [4.69, 9.17) is 5.73 Å². The van der Waals surface area contributed by atoms with Crippen molar-refractivity contribution in [2.24, 2.45) is 49.9 Å². The third-order valence-corrected chi connectivity index (χ3v) is 14.2. The van der Waals surface area contributed by atoms with Crippen molar-refractivity contribution in [2.75, 3.05) is 0 Å². The number of carbonyl (C=O) groups is 1. The predicted octanol–water partition coefficient (Wildman–Crippen LogP) is 2.43. The van der Waals surface area contributed by atoms with Gasteiger partial charge in [0.05, 0.1) is 35.6 Å². The van der Waals surface area contributed by atoms with Crippen molar-refractivity contribution in [2.45, 2.75) is 156 Å². The third-order valence-electron chi connectivity index (χ3n) is 11.6. The third kappa shape index (κ3) is 9.14. The molecule has 10 unspecified atom stereocenters. The minimum absolute atomic E-state index is 0.00138. The molecule has 0 saturated heterocycles. The highest BCUT2D eigenvalue weighted by atomic mass is 32.2. The van der Waals surface area contributed by atoms with Gasteiger partial charge in [-0.25, -0.2) is 0 Å². The first-order valence-corrected chi connectivity index (χ1v) is 20.2. The fourth-order valence-electron chi connectivity index (χ4n) is 8.61. The number of nitrogens with zero attached hydrogens (tertiary/aromatic N) is 4. The minimum Gasteiger partial charge on any atom is -0.391 e. The zero-order valence-corrected chi connectivity index (χ0v) is 28.6. The first kappa shape index (κ1) is 36.6. The molecule has 0 aromatic carbocycles. The SMILES string of the molecule is CC1CC(N=NC2C(O)C3CCC(NC(=O)C4CCC(N)CC4)CC3CC2S(=O)(=O)O)C(O)CC1N=NC1CCC(S(=O)(=O)O)CC1. The zero-order chi connectivity index (χ0) is 34.1. The van der Waals surface area contributed by atoms with Crippen molar-refractivity contribution < 1.29 is 40.9 Å². The Morgan fingerprint density at radius 3 is 2.04 bits per heavy atom. The summed E-state index contributed by atoms with van der Waals surface area (Å²) in [4.78, 5) is 12.9. The predicted molar refractivity (Wildman–Crippen MR) is 172 cm³/mol. The van der Waals surface area contributed by atoms with Crippen LogP contribution in [0.3, 0.4) is 0 Å². The second-order valence-corrected chi connectivity index (χ2v) is 18.2. The van der Waals surface area contributed by atoms with Gasteiger partial charge in [-0.2, -0.15) is 37.3 Å². The van der Waals surface area contributed by atoms with Crippen LogP contribution in [0.4, 0.5) is 0 Å². The lowest BCUT2D eigenvalue weighted by Crippen LogP contribution is -2.56. The number of nitrogens with one attached hydrogen (secondary N) is 1. The molecule has 5 rings (SSSR count). The average molecular weight is 705 g/mol. The van der Waals surface area contributed by atoms with Crippen molar-refractivity contribution >= 4 is 26.1 Å². The van der Waals surface area contributed by atoms with Crippen LogP contribution in [0.25, 0.3) is 0 Å². The number of aliphatic hydroxyl groups excluding tert-OH is 2. The lowest BCUT2D eigenvalue weighted by atomic mass is 9.66. The first-order valence-electron chi connectivity index (χ1n) is 17.2. The Kier molecular flexibility index (Phi) is 11.8. The number of fused-ring (bicyclic) bond motifs is 1. The van der Waals surface area contributed by atoms with E-state index in [1.54, 1.807) is 0 Å². The van der Waals surface area contributed by atoms with Gasteiger partial charge in [0.1, 0.15) is 11.3 Å². The van der Waals surface area contributed by atoms with Gasteiger partial charge in [0.2, 0.25) is 5.91 Å². The number of hydrogen-bond donors (Lipinski definition) is 6. The van der Waals surface area contributed by atoms with E-state index in [1.807, 2.05) is 6.92 Å². The van der Waals surface area contributed by atoms with Gasteiger partial charge in [-0.15, -0.1) is 0 Å². The Morgan fingerprint density at radius 2 is 1.40 bits per heavy atom. The normalized spacial score (nSPS) is 43.9. The second-order valence-electron chi connectivity index (χ2n) is 14.9. The van der Waals surface area contributed by atoms with Gasteiger partial charge in [0.15, 0.2) is 0 Å². The summed E-state index contributed by atoms with van der Waals surface area (Å²) in [6.07, 6.45) is 5.19. The lowest BCUT2D eigenvalue weighted by molar-refractivity contribution is -0.127. The number of amides is 1. The molecule has 5 saturated carbocycles. The highest BCUT2D eigenvalue weighted by Crippen LogP contribution is 2.44. The van der Waals surface area contributed by atoms with Gasteiger partial charge in [0, 0.05) is 18.0 Å². The van der Waals surface area contributed by atoms with E-state index in [9.17, 15) is 40.9 Å². The summed E-state index contributed by atoms with van der Waals surface area (Å²) in [7, 11) is -8.64. The van der Waals surface area contributed by atoms with Crippen LogP contribution in [-0.2, 0) is 25.0 Å². The van der Waals surface area contributed by atoms with Crippen molar-refractivity contribution in [1.29, 1.82) is 0 Å². The van der Waals surface area contributed by atoms with Crippen LogP contribution in [-0.4, -0.2) is 101 Å². The van der Waals surface area contributed by atoms with Crippen molar-refractivity contribution in [1.82, 2.24) is 5.32 Å². The van der Waals surface area contributed by atoms with Gasteiger partial charge < -0.3 is 21.3 Å². The van der Waals surface area contributed by atoms with Crippen LogP contribution in [0, 0.1) is 23.7 Å². The second kappa shape index (κ2) is 15.1. The zero-order valence-electron chi connectivity index (χ0n) is 27.0. The maximum Gasteiger partial charge on any atom is 0.270 e. The number of rotatable bonds is 8. The highest BCUT2D eigenvalue weighted by Gasteiger charge is 2.51. The molecular formula is C30H52N6O9S2. The van der Waals surface area contributed by atoms with Gasteiger partial charge in [0.25, 0.3) is 20.2 Å². The summed E-state index contributed by atoms with van der Waals surface area (Å²) in [6, 6.07) is -2.25. The molecule has 17 heteroatoms. The molecule has 15 nitrogen and oxygen atoms in total. The topological polar surface area (TPSA) is 254 Å². The number of nitrogens with two attached hydrogens (primary N) is 1. The van der Waals surface area contributed by atoms with Crippen molar-refractivity contribution in [3.8, 4) is 0 Å². The van der Waals surface area contributed by atoms with Crippen LogP contribution in [0.1, 0.15) is 96.8 Å². The Bertz CT molecular complexity index is 1370. The molecule has 0 bridgehead atoms. The van der Waals surface area contributed by atoms with E-state index in [0.717, 1.165) is 25.7 Å². The molecule has 0 spiro atoms. The molecular weight excluding hydrogens is 652 g/mol. The Morgan fingerprint density at radius 1 is 0.745 bits per heavy atom. The Balaban J connectivity index is 1.17. The molecule has 0 aliphatic heterocycles. The van der Waals surface area contributed by atoms with E-state index in [-0.39, 0.29) is 66.6 Å². The molecule has 47 heavy (non-hydrogen) atoms. The Hall–Kier alpha value is -1.63. The molecule has 0 heterocycles. The molecule has 10 atom stereocenters. The summed E-state index contributed by atoms with van der Waals surface area (Å²) < 4.78 is 67.3. The molecule has 268 valence electrons. The van der Waals surface area contributed by atoms with Crippen LogP contribution in [0.2, 0.25) is 0 Å². The van der Waals surface area contributed by atoms with Gasteiger partial charge >= 0.3 is 0 Å². The molecule has 5 aliphatic rings. The first-order chi connectivity index (χ1) is 22.1. The maximum absolute atomic E-state index is 12.9. The Labute approximate surface area is 277 Å². The summed E-state index contributed by atoms with van der Waals surface area (Å²) >= 11 is 0.